The Morgan fingerprint density at radius 3 is 3.00 bits per heavy atom. The number of carbonyl (C=O) groups excluding carboxylic acids is 1. The van der Waals surface area contributed by atoms with Crippen LogP contribution in [0.4, 0.5) is 0 Å². The maximum Gasteiger partial charge on any atom is 0.256 e. The van der Waals surface area contributed by atoms with Gasteiger partial charge in [-0.3, -0.25) is 4.79 Å². The Labute approximate surface area is 107 Å². The fourth-order valence-corrected chi connectivity index (χ4v) is 1.67. The summed E-state index contributed by atoms with van der Waals surface area (Å²) in [6.45, 7) is 2.97. The number of carbonyl (C=O) groups is 1. The maximum absolute atomic E-state index is 12.0. The van der Waals surface area contributed by atoms with Gasteiger partial charge in [0.25, 0.3) is 5.91 Å². The Morgan fingerprint density at radius 2 is 2.33 bits per heavy atom. The molecule has 5 heteroatoms. The molecule has 2 unspecified atom stereocenters. The van der Waals surface area contributed by atoms with Crippen LogP contribution in [0.5, 0.6) is 5.88 Å². The summed E-state index contributed by atoms with van der Waals surface area (Å²) in [5, 5.41) is 2.96. The molecule has 0 aromatic carbocycles. The summed E-state index contributed by atoms with van der Waals surface area (Å²) in [5.41, 5.74) is 0.479. The third-order valence-corrected chi connectivity index (χ3v) is 2.97. The van der Waals surface area contributed by atoms with E-state index in [1.807, 2.05) is 0 Å². The fraction of sp³-hybridized carbons (Fsp3) is 0.538. The van der Waals surface area contributed by atoms with Crippen molar-refractivity contribution in [2.75, 3.05) is 20.3 Å². The van der Waals surface area contributed by atoms with E-state index in [1.54, 1.807) is 25.4 Å². The van der Waals surface area contributed by atoms with Crippen LogP contribution in [0.15, 0.2) is 18.3 Å². The second-order valence-electron chi connectivity index (χ2n) is 4.49. The number of methoxy groups -OCH3 is 1. The van der Waals surface area contributed by atoms with E-state index in [-0.39, 0.29) is 5.91 Å². The Balaban J connectivity index is 1.99. The van der Waals surface area contributed by atoms with Crippen molar-refractivity contribution < 1.29 is 14.3 Å². The summed E-state index contributed by atoms with van der Waals surface area (Å²) >= 11 is 0. The van der Waals surface area contributed by atoms with Gasteiger partial charge in [0.2, 0.25) is 5.88 Å². The zero-order valence-corrected chi connectivity index (χ0v) is 10.7. The van der Waals surface area contributed by atoms with E-state index in [9.17, 15) is 4.79 Å². The van der Waals surface area contributed by atoms with Crippen molar-refractivity contribution in [1.29, 1.82) is 0 Å². The minimum absolute atomic E-state index is 0.120. The zero-order chi connectivity index (χ0) is 13.0. The van der Waals surface area contributed by atoms with Gasteiger partial charge in [0.15, 0.2) is 0 Å². The molecule has 2 atom stereocenters. The molecule has 1 aromatic heterocycles. The summed E-state index contributed by atoms with van der Waals surface area (Å²) in [7, 11) is 1.60. The lowest BCUT2D eigenvalue weighted by atomic mass is 10.2. The van der Waals surface area contributed by atoms with Crippen molar-refractivity contribution in [3.63, 3.8) is 0 Å². The Morgan fingerprint density at radius 1 is 1.56 bits per heavy atom. The highest BCUT2D eigenvalue weighted by molar-refractivity contribution is 5.96. The highest BCUT2D eigenvalue weighted by Gasteiger charge is 2.34. The van der Waals surface area contributed by atoms with E-state index in [1.165, 1.54) is 0 Å². The van der Waals surface area contributed by atoms with Gasteiger partial charge in [0.1, 0.15) is 12.2 Å². The molecule has 0 bridgehead atoms. The molecule has 1 aromatic rings. The number of pyridine rings is 1. The summed E-state index contributed by atoms with van der Waals surface area (Å²) in [5.74, 6) is 0.814. The van der Waals surface area contributed by atoms with E-state index in [4.69, 9.17) is 9.47 Å². The van der Waals surface area contributed by atoms with Crippen LogP contribution in [0.25, 0.3) is 0 Å². The lowest BCUT2D eigenvalue weighted by Crippen LogP contribution is -2.27. The summed E-state index contributed by atoms with van der Waals surface area (Å²) in [4.78, 5) is 16.1. The van der Waals surface area contributed by atoms with Gasteiger partial charge in [-0.25, -0.2) is 4.98 Å². The van der Waals surface area contributed by atoms with Crippen LogP contribution >= 0.6 is 0 Å². The molecule has 0 radical (unpaired) electrons. The van der Waals surface area contributed by atoms with E-state index in [0.29, 0.717) is 36.6 Å². The first-order valence-electron chi connectivity index (χ1n) is 6.10. The monoisotopic (exact) mass is 250 g/mol. The van der Waals surface area contributed by atoms with E-state index >= 15 is 0 Å². The molecule has 0 aliphatic heterocycles. The van der Waals surface area contributed by atoms with Crippen LogP contribution in [0.1, 0.15) is 23.7 Å². The number of ether oxygens (including phenoxy) is 2. The fourth-order valence-electron chi connectivity index (χ4n) is 1.67. The standard InChI is InChI=1S/C13H18N2O3/c1-9-8-11(9)15-12(16)10-4-3-5-14-13(10)18-7-6-17-2/h3-5,9,11H,6-8H2,1-2H3,(H,15,16). The summed E-state index contributed by atoms with van der Waals surface area (Å²) < 4.78 is 10.3. The highest BCUT2D eigenvalue weighted by atomic mass is 16.5. The number of rotatable bonds is 6. The normalized spacial score (nSPS) is 21.4. The van der Waals surface area contributed by atoms with Crippen molar-refractivity contribution in [3.8, 4) is 5.88 Å². The van der Waals surface area contributed by atoms with E-state index < -0.39 is 0 Å². The molecule has 1 aliphatic carbocycles. The molecule has 98 valence electrons. The van der Waals surface area contributed by atoms with Crippen molar-refractivity contribution in [2.45, 2.75) is 19.4 Å². The lowest BCUT2D eigenvalue weighted by Gasteiger charge is -2.09. The molecular formula is C13H18N2O3. The van der Waals surface area contributed by atoms with Crippen molar-refractivity contribution in [2.24, 2.45) is 5.92 Å². The van der Waals surface area contributed by atoms with Crippen molar-refractivity contribution in [3.05, 3.63) is 23.9 Å². The number of hydrogen-bond donors (Lipinski definition) is 1. The number of hydrogen-bond acceptors (Lipinski definition) is 4. The van der Waals surface area contributed by atoms with Gasteiger partial charge < -0.3 is 14.8 Å². The van der Waals surface area contributed by atoms with Crippen molar-refractivity contribution >= 4 is 5.91 Å². The van der Waals surface area contributed by atoms with E-state index in [2.05, 4.69) is 17.2 Å². The van der Waals surface area contributed by atoms with Gasteiger partial charge in [-0.05, 0) is 24.5 Å². The van der Waals surface area contributed by atoms with E-state index in [0.717, 1.165) is 6.42 Å². The largest absolute Gasteiger partial charge is 0.475 e. The average molecular weight is 250 g/mol. The number of nitrogens with zero attached hydrogens (tertiary/aromatic N) is 1. The molecule has 2 rings (SSSR count). The molecular weight excluding hydrogens is 232 g/mol. The zero-order valence-electron chi connectivity index (χ0n) is 10.7. The Kier molecular flexibility index (Phi) is 4.15. The quantitative estimate of drug-likeness (QED) is 0.772. The minimum Gasteiger partial charge on any atom is -0.475 e. The van der Waals surface area contributed by atoms with Crippen LogP contribution in [-0.4, -0.2) is 37.3 Å². The number of amides is 1. The minimum atomic E-state index is -0.120. The molecule has 1 N–H and O–H groups in total. The van der Waals surface area contributed by atoms with Gasteiger partial charge in [0.05, 0.1) is 6.61 Å². The number of aromatic nitrogens is 1. The summed E-state index contributed by atoms with van der Waals surface area (Å²) in [6.07, 6.45) is 2.66. The molecule has 1 aliphatic rings. The molecule has 1 fully saturated rings. The van der Waals surface area contributed by atoms with Gasteiger partial charge in [0, 0.05) is 19.3 Å². The third-order valence-electron chi connectivity index (χ3n) is 2.97. The Bertz CT molecular complexity index is 422. The van der Waals surface area contributed by atoms with Gasteiger partial charge in [-0.1, -0.05) is 6.92 Å². The molecule has 0 spiro atoms. The van der Waals surface area contributed by atoms with Crippen LogP contribution in [0.3, 0.4) is 0 Å². The van der Waals surface area contributed by atoms with Crippen LogP contribution in [0.2, 0.25) is 0 Å². The molecule has 1 amide bonds. The lowest BCUT2D eigenvalue weighted by molar-refractivity contribution is 0.0940. The molecule has 18 heavy (non-hydrogen) atoms. The SMILES string of the molecule is COCCOc1ncccc1C(=O)NC1CC1C. The number of nitrogens with one attached hydrogen (secondary N) is 1. The van der Waals surface area contributed by atoms with Gasteiger partial charge >= 0.3 is 0 Å². The first kappa shape index (κ1) is 12.8. The van der Waals surface area contributed by atoms with Crippen LogP contribution in [0, 0.1) is 5.92 Å². The highest BCUT2D eigenvalue weighted by Crippen LogP contribution is 2.29. The maximum atomic E-state index is 12.0. The topological polar surface area (TPSA) is 60.5 Å². The van der Waals surface area contributed by atoms with Crippen LogP contribution < -0.4 is 10.1 Å². The third kappa shape index (κ3) is 3.20. The predicted octanol–water partition coefficient (Wildman–Crippen LogP) is 1.24. The smallest absolute Gasteiger partial charge is 0.256 e. The average Bonchev–Trinajstić information content (AvgIpc) is 3.05. The first-order chi connectivity index (χ1) is 8.72. The van der Waals surface area contributed by atoms with Crippen molar-refractivity contribution in [1.82, 2.24) is 10.3 Å². The van der Waals surface area contributed by atoms with Gasteiger partial charge in [-0.15, -0.1) is 0 Å². The Hall–Kier alpha value is -1.62. The van der Waals surface area contributed by atoms with Gasteiger partial charge in [-0.2, -0.15) is 0 Å². The predicted molar refractivity (Wildman–Crippen MR) is 66.6 cm³/mol. The first-order valence-corrected chi connectivity index (χ1v) is 6.10. The molecule has 1 saturated carbocycles. The van der Waals surface area contributed by atoms with Crippen LogP contribution in [-0.2, 0) is 4.74 Å². The molecule has 5 nitrogen and oxygen atoms in total. The second kappa shape index (κ2) is 5.82. The molecule has 0 saturated heterocycles. The summed E-state index contributed by atoms with van der Waals surface area (Å²) in [6, 6.07) is 3.75. The molecule has 1 heterocycles. The second-order valence-corrected chi connectivity index (χ2v) is 4.49.